The first-order chi connectivity index (χ1) is 18.8. The molecule has 1 aromatic carbocycles. The molecule has 2 N–H and O–H groups in total. The molecule has 1 fully saturated rings. The maximum absolute atomic E-state index is 13.4. The predicted molar refractivity (Wildman–Crippen MR) is 145 cm³/mol. The highest BCUT2D eigenvalue weighted by molar-refractivity contribution is 6.68. The Bertz CT molecular complexity index is 1310. The van der Waals surface area contributed by atoms with E-state index in [1.807, 2.05) is 32.0 Å². The zero-order valence-electron chi connectivity index (χ0n) is 22.4. The Labute approximate surface area is 227 Å². The molecule has 2 aromatic rings. The van der Waals surface area contributed by atoms with Gasteiger partial charge in [-0.05, 0) is 43.6 Å². The first kappa shape index (κ1) is 27.7. The lowest BCUT2D eigenvalue weighted by Crippen LogP contribution is -2.58. The standard InChI is InChI=1S/C28H33N7O4/c1-3-14-34-24(29)23(27(38)35(15-4-2)28(34)39)32-25(36)21-22(31-13-12-30-21)26(37)33-16-10-20(11-17-33)18-19-8-6-5-7-9-19/h5-9,12-13,20,29H,3-4,10-11,14-18H2,1-2H3/p+1. The van der Waals surface area contributed by atoms with Crippen LogP contribution in [0.2, 0.25) is 0 Å². The van der Waals surface area contributed by atoms with Crippen molar-refractivity contribution in [1.82, 2.24) is 19.8 Å². The van der Waals surface area contributed by atoms with Crippen LogP contribution in [0.15, 0.2) is 47.7 Å². The summed E-state index contributed by atoms with van der Waals surface area (Å²) in [5.41, 5.74) is 6.68. The molecule has 5 amide bonds. The van der Waals surface area contributed by atoms with E-state index >= 15 is 0 Å². The van der Waals surface area contributed by atoms with Gasteiger partial charge in [-0.15, -0.1) is 0 Å². The zero-order chi connectivity index (χ0) is 27.9. The summed E-state index contributed by atoms with van der Waals surface area (Å²) in [6.45, 7) is 5.19. The fourth-order valence-corrected chi connectivity index (χ4v) is 4.91. The van der Waals surface area contributed by atoms with Crippen LogP contribution in [-0.2, 0) is 11.2 Å². The van der Waals surface area contributed by atoms with Crippen molar-refractivity contribution < 1.29 is 23.8 Å². The predicted octanol–water partition coefficient (Wildman–Crippen LogP) is 2.30. The average Bonchev–Trinajstić information content (AvgIpc) is 2.96. The molecule has 11 heteroatoms. The number of nitrogens with two attached hydrogens (primary N) is 1. The van der Waals surface area contributed by atoms with Crippen LogP contribution in [0.5, 0.6) is 0 Å². The topological polar surface area (TPSA) is 142 Å². The third-order valence-electron chi connectivity index (χ3n) is 6.92. The maximum atomic E-state index is 13.4. The fraction of sp³-hybridized carbons (Fsp3) is 0.429. The lowest BCUT2D eigenvalue weighted by molar-refractivity contribution is -0.436. The number of amidine groups is 1. The van der Waals surface area contributed by atoms with Gasteiger partial charge in [0.25, 0.3) is 17.6 Å². The van der Waals surface area contributed by atoms with E-state index < -0.39 is 23.8 Å². The molecule has 0 atom stereocenters. The summed E-state index contributed by atoms with van der Waals surface area (Å²) in [7, 11) is 0. The van der Waals surface area contributed by atoms with Gasteiger partial charge >= 0.3 is 11.9 Å². The van der Waals surface area contributed by atoms with Gasteiger partial charge in [-0.25, -0.2) is 19.6 Å². The monoisotopic (exact) mass is 532 g/mol. The molecule has 1 aromatic heterocycles. The van der Waals surface area contributed by atoms with E-state index in [1.165, 1.54) is 22.5 Å². The molecule has 0 radical (unpaired) electrons. The Morgan fingerprint density at radius 1 is 1.03 bits per heavy atom. The minimum atomic E-state index is -0.918. The number of carbonyl (C=O) groups excluding carboxylic acids is 4. The number of urea groups is 1. The van der Waals surface area contributed by atoms with Gasteiger partial charge < -0.3 is 10.6 Å². The first-order valence-corrected chi connectivity index (χ1v) is 13.4. The fourth-order valence-electron chi connectivity index (χ4n) is 4.91. The highest BCUT2D eigenvalue weighted by Crippen LogP contribution is 2.23. The van der Waals surface area contributed by atoms with Gasteiger partial charge in [-0.3, -0.25) is 9.59 Å². The number of benzene rings is 1. The quantitative estimate of drug-likeness (QED) is 0.514. The molecule has 1 saturated heterocycles. The van der Waals surface area contributed by atoms with E-state index in [4.69, 9.17) is 5.73 Å². The molecular weight excluding hydrogens is 498 g/mol. The van der Waals surface area contributed by atoms with Crippen LogP contribution < -0.4 is 5.73 Å². The number of hydrogen-bond donors (Lipinski definition) is 1. The van der Waals surface area contributed by atoms with E-state index in [0.717, 1.165) is 24.2 Å². The Balaban J connectivity index is 1.54. The van der Waals surface area contributed by atoms with Crippen LogP contribution in [-0.4, -0.2) is 85.8 Å². The van der Waals surface area contributed by atoms with Gasteiger partial charge in [0.2, 0.25) is 5.71 Å². The maximum Gasteiger partial charge on any atom is 0.446 e. The molecule has 0 aliphatic carbocycles. The van der Waals surface area contributed by atoms with Gasteiger partial charge in [0.05, 0.1) is 13.1 Å². The molecule has 0 bridgehead atoms. The molecule has 4 rings (SSSR count). The highest BCUT2D eigenvalue weighted by Gasteiger charge is 2.43. The van der Waals surface area contributed by atoms with Crippen molar-refractivity contribution in [2.45, 2.75) is 46.0 Å². The van der Waals surface area contributed by atoms with Gasteiger partial charge in [0.1, 0.15) is 0 Å². The van der Waals surface area contributed by atoms with Crippen LogP contribution in [0, 0.1) is 5.92 Å². The van der Waals surface area contributed by atoms with Crippen LogP contribution >= 0.6 is 0 Å². The summed E-state index contributed by atoms with van der Waals surface area (Å²) in [5.74, 6) is -1.81. The number of aromatic nitrogens is 2. The summed E-state index contributed by atoms with van der Waals surface area (Å²) >= 11 is 0. The van der Waals surface area contributed by atoms with E-state index in [1.54, 1.807) is 4.90 Å². The molecule has 2 aliphatic heterocycles. The molecule has 39 heavy (non-hydrogen) atoms. The smallest absolute Gasteiger partial charge is 0.337 e. The SMILES string of the molecule is CCCN1C(=O)C(=NC(=O)c2nccnc2C(=O)N2CCC(Cc3ccccc3)CC2)C(N)=[N+](CCC)C1=O. The number of nitrogens with zero attached hydrogens (tertiary/aromatic N) is 6. The lowest BCUT2D eigenvalue weighted by atomic mass is 9.90. The van der Waals surface area contributed by atoms with Crippen molar-refractivity contribution in [2.24, 2.45) is 16.6 Å². The first-order valence-electron chi connectivity index (χ1n) is 13.4. The van der Waals surface area contributed by atoms with Gasteiger partial charge in [-0.1, -0.05) is 44.2 Å². The lowest BCUT2D eigenvalue weighted by Gasteiger charge is -2.32. The second-order valence-corrected chi connectivity index (χ2v) is 9.72. The van der Waals surface area contributed by atoms with Crippen LogP contribution in [0.4, 0.5) is 4.79 Å². The van der Waals surface area contributed by atoms with Gasteiger partial charge in [-0.2, -0.15) is 14.5 Å². The second-order valence-electron chi connectivity index (χ2n) is 9.72. The van der Waals surface area contributed by atoms with Crippen molar-refractivity contribution in [3.05, 3.63) is 59.7 Å². The van der Waals surface area contributed by atoms with E-state index in [0.29, 0.717) is 31.8 Å². The van der Waals surface area contributed by atoms with Crippen LogP contribution in [0.1, 0.15) is 66.1 Å². The van der Waals surface area contributed by atoms with Crippen molar-refractivity contribution in [1.29, 1.82) is 0 Å². The molecule has 3 heterocycles. The molecule has 2 aliphatic rings. The number of rotatable bonds is 8. The van der Waals surface area contributed by atoms with Crippen molar-refractivity contribution in [2.75, 3.05) is 26.2 Å². The summed E-state index contributed by atoms with van der Waals surface area (Å²) in [5, 5.41) is 0. The molecule has 0 saturated carbocycles. The number of amides is 5. The van der Waals surface area contributed by atoms with Crippen LogP contribution in [0.3, 0.4) is 0 Å². The van der Waals surface area contributed by atoms with Crippen molar-refractivity contribution in [3.63, 3.8) is 0 Å². The summed E-state index contributed by atoms with van der Waals surface area (Å²) in [6.07, 6.45) is 6.38. The Morgan fingerprint density at radius 3 is 2.33 bits per heavy atom. The third kappa shape index (κ3) is 6.08. The molecule has 0 spiro atoms. The zero-order valence-corrected chi connectivity index (χ0v) is 22.4. The summed E-state index contributed by atoms with van der Waals surface area (Å²) < 4.78 is 1.24. The van der Waals surface area contributed by atoms with E-state index in [-0.39, 0.29) is 36.0 Å². The van der Waals surface area contributed by atoms with Gasteiger partial charge in [0.15, 0.2) is 11.4 Å². The van der Waals surface area contributed by atoms with Crippen molar-refractivity contribution >= 4 is 35.3 Å². The Morgan fingerprint density at radius 2 is 1.69 bits per heavy atom. The third-order valence-corrected chi connectivity index (χ3v) is 6.92. The average molecular weight is 533 g/mol. The number of piperidine rings is 1. The number of hydrogen-bond acceptors (Lipinski definition) is 7. The number of likely N-dealkylation sites (tertiary alicyclic amines) is 1. The highest BCUT2D eigenvalue weighted by atomic mass is 16.2. The largest absolute Gasteiger partial charge is 0.446 e. The number of carbonyl (C=O) groups is 4. The number of imide groups is 1. The molecular formula is C28H34N7O4+. The van der Waals surface area contributed by atoms with E-state index in [2.05, 4.69) is 27.1 Å². The van der Waals surface area contributed by atoms with Crippen LogP contribution in [0.25, 0.3) is 0 Å². The second kappa shape index (κ2) is 12.5. The Kier molecular flexibility index (Phi) is 8.90. The summed E-state index contributed by atoms with van der Waals surface area (Å²) in [6, 6.07) is 9.72. The minimum Gasteiger partial charge on any atom is -0.337 e. The molecule has 204 valence electrons. The number of aliphatic imine (C=N–C) groups is 1. The normalized spacial score (nSPS) is 17.7. The minimum absolute atomic E-state index is 0.123. The van der Waals surface area contributed by atoms with Crippen molar-refractivity contribution in [3.8, 4) is 0 Å². The Hall–Kier alpha value is -4.28. The molecule has 0 unspecified atom stereocenters. The molecule has 11 nitrogen and oxygen atoms in total. The van der Waals surface area contributed by atoms with E-state index in [9.17, 15) is 19.2 Å². The van der Waals surface area contributed by atoms with Gasteiger partial charge in [0, 0.05) is 25.5 Å². The summed E-state index contributed by atoms with van der Waals surface area (Å²) in [4.78, 5) is 67.4.